The van der Waals surface area contributed by atoms with Crippen LogP contribution in [0.5, 0.6) is 0 Å². The second-order valence-corrected chi connectivity index (χ2v) is 5.36. The van der Waals surface area contributed by atoms with Crippen LogP contribution in [0, 0.1) is 0 Å². The van der Waals surface area contributed by atoms with Crippen molar-refractivity contribution in [3.05, 3.63) is 11.8 Å². The first-order chi connectivity index (χ1) is 8.78. The molecule has 1 aliphatic heterocycles. The molecule has 1 saturated heterocycles. The zero-order valence-corrected chi connectivity index (χ0v) is 10.6. The van der Waals surface area contributed by atoms with Crippen molar-refractivity contribution in [2.75, 3.05) is 18.9 Å². The molecule has 2 fully saturated rings. The second kappa shape index (κ2) is 4.90. The molecular weight excluding hydrogens is 232 g/mol. The number of aromatic nitrogens is 1. The summed E-state index contributed by atoms with van der Waals surface area (Å²) in [6.07, 6.45) is 6.68. The lowest BCUT2D eigenvalue weighted by Gasteiger charge is -2.40. The van der Waals surface area contributed by atoms with Gasteiger partial charge in [0.1, 0.15) is 0 Å². The second-order valence-electron chi connectivity index (χ2n) is 5.36. The highest BCUT2D eigenvalue weighted by atomic mass is 16.7. The third-order valence-electron chi connectivity index (χ3n) is 4.07. The number of rotatable bonds is 4. The van der Waals surface area contributed by atoms with Gasteiger partial charge in [0, 0.05) is 18.1 Å². The third-order valence-corrected chi connectivity index (χ3v) is 4.07. The molecule has 3 rings (SSSR count). The first kappa shape index (κ1) is 12.0. The topological polar surface area (TPSA) is 70.5 Å². The lowest BCUT2D eigenvalue weighted by Crippen LogP contribution is -2.41. The van der Waals surface area contributed by atoms with Gasteiger partial charge in [-0.2, -0.15) is 0 Å². The molecule has 2 heterocycles. The summed E-state index contributed by atoms with van der Waals surface area (Å²) >= 11 is 0. The minimum atomic E-state index is -0.0412. The molecule has 100 valence electrons. The number of anilines is 1. The van der Waals surface area contributed by atoms with Gasteiger partial charge >= 0.3 is 0 Å². The van der Waals surface area contributed by atoms with Crippen LogP contribution in [0.2, 0.25) is 0 Å². The number of ether oxygens (including phenoxy) is 2. The van der Waals surface area contributed by atoms with Gasteiger partial charge in [0.05, 0.1) is 12.3 Å². The summed E-state index contributed by atoms with van der Waals surface area (Å²) in [5.74, 6) is 0.380. The van der Waals surface area contributed by atoms with E-state index in [1.54, 1.807) is 0 Å². The Morgan fingerprint density at radius 3 is 2.83 bits per heavy atom. The SMILES string of the molecule is Nc1cc(C2(COC3CCCCO3)CCC2)no1. The number of hydrogen-bond acceptors (Lipinski definition) is 5. The van der Waals surface area contributed by atoms with Gasteiger partial charge in [-0.15, -0.1) is 0 Å². The predicted octanol–water partition coefficient (Wildman–Crippen LogP) is 2.22. The van der Waals surface area contributed by atoms with E-state index in [1.807, 2.05) is 6.07 Å². The zero-order chi connectivity index (χ0) is 12.4. The Kier molecular flexibility index (Phi) is 3.26. The summed E-state index contributed by atoms with van der Waals surface area (Å²) in [6, 6.07) is 1.82. The summed E-state index contributed by atoms with van der Waals surface area (Å²) in [5, 5.41) is 4.05. The summed E-state index contributed by atoms with van der Waals surface area (Å²) in [7, 11) is 0. The lowest BCUT2D eigenvalue weighted by molar-refractivity contribution is -0.177. The molecule has 0 radical (unpaired) electrons. The van der Waals surface area contributed by atoms with Crippen molar-refractivity contribution >= 4 is 5.88 Å². The molecule has 18 heavy (non-hydrogen) atoms. The van der Waals surface area contributed by atoms with Gasteiger partial charge in [-0.1, -0.05) is 11.6 Å². The number of nitrogen functional groups attached to an aromatic ring is 1. The maximum Gasteiger partial charge on any atom is 0.222 e. The predicted molar refractivity (Wildman–Crippen MR) is 66.0 cm³/mol. The van der Waals surface area contributed by atoms with Gasteiger partial charge in [0.15, 0.2) is 6.29 Å². The molecule has 2 aliphatic rings. The Hall–Kier alpha value is -1.07. The zero-order valence-electron chi connectivity index (χ0n) is 10.6. The van der Waals surface area contributed by atoms with Crippen LogP contribution < -0.4 is 5.73 Å². The highest BCUT2D eigenvalue weighted by molar-refractivity contribution is 5.31. The standard InChI is InChI=1S/C13H20N2O3/c14-11-8-10(15-18-11)13(5-3-6-13)9-17-12-4-1-2-7-16-12/h8,12H,1-7,9,14H2. The van der Waals surface area contributed by atoms with Crippen molar-refractivity contribution in [1.29, 1.82) is 0 Å². The molecule has 1 aromatic rings. The van der Waals surface area contributed by atoms with Gasteiger partial charge in [-0.3, -0.25) is 0 Å². The fourth-order valence-corrected chi connectivity index (χ4v) is 2.71. The molecule has 0 spiro atoms. The van der Waals surface area contributed by atoms with Crippen molar-refractivity contribution in [2.45, 2.75) is 50.2 Å². The Morgan fingerprint density at radius 2 is 2.28 bits per heavy atom. The van der Waals surface area contributed by atoms with Crippen LogP contribution in [0.25, 0.3) is 0 Å². The fourth-order valence-electron chi connectivity index (χ4n) is 2.71. The smallest absolute Gasteiger partial charge is 0.222 e. The molecule has 1 unspecified atom stereocenters. The maximum absolute atomic E-state index is 5.91. The highest BCUT2D eigenvalue weighted by Gasteiger charge is 2.42. The summed E-state index contributed by atoms with van der Waals surface area (Å²) in [4.78, 5) is 0. The number of hydrogen-bond donors (Lipinski definition) is 1. The normalized spacial score (nSPS) is 26.8. The Labute approximate surface area is 107 Å². The average Bonchev–Trinajstić information content (AvgIpc) is 2.76. The van der Waals surface area contributed by atoms with E-state index in [9.17, 15) is 0 Å². The van der Waals surface area contributed by atoms with E-state index in [4.69, 9.17) is 19.7 Å². The van der Waals surface area contributed by atoms with Gasteiger partial charge in [-0.25, -0.2) is 0 Å². The maximum atomic E-state index is 5.91. The quantitative estimate of drug-likeness (QED) is 0.889. The Balaban J connectivity index is 1.61. The van der Waals surface area contributed by atoms with E-state index < -0.39 is 0 Å². The van der Waals surface area contributed by atoms with Crippen LogP contribution in [-0.4, -0.2) is 24.7 Å². The molecule has 2 N–H and O–H groups in total. The van der Waals surface area contributed by atoms with E-state index >= 15 is 0 Å². The molecule has 1 atom stereocenters. The number of nitrogens with two attached hydrogens (primary N) is 1. The molecule has 5 nitrogen and oxygen atoms in total. The molecule has 1 aliphatic carbocycles. The van der Waals surface area contributed by atoms with E-state index in [2.05, 4.69) is 5.16 Å². The van der Waals surface area contributed by atoms with Crippen LogP contribution in [0.1, 0.15) is 44.2 Å². The molecule has 1 aromatic heterocycles. The summed E-state index contributed by atoms with van der Waals surface area (Å²) in [5.41, 5.74) is 6.53. The first-order valence-electron chi connectivity index (χ1n) is 6.74. The van der Waals surface area contributed by atoms with E-state index in [-0.39, 0.29) is 11.7 Å². The summed E-state index contributed by atoms with van der Waals surface area (Å²) < 4.78 is 16.5. The molecule has 5 heteroatoms. The van der Waals surface area contributed by atoms with Crippen molar-refractivity contribution in [2.24, 2.45) is 0 Å². The Bertz CT molecular complexity index is 395. The summed E-state index contributed by atoms with van der Waals surface area (Å²) in [6.45, 7) is 1.47. The van der Waals surface area contributed by atoms with Crippen LogP contribution in [0.4, 0.5) is 5.88 Å². The largest absolute Gasteiger partial charge is 0.368 e. The van der Waals surface area contributed by atoms with Crippen molar-refractivity contribution in [1.82, 2.24) is 5.16 Å². The van der Waals surface area contributed by atoms with Gasteiger partial charge in [0.25, 0.3) is 0 Å². The molecular formula is C13H20N2O3. The molecule has 0 aromatic carbocycles. The Morgan fingerprint density at radius 1 is 1.39 bits per heavy atom. The van der Waals surface area contributed by atoms with Crippen LogP contribution in [0.3, 0.4) is 0 Å². The highest BCUT2D eigenvalue weighted by Crippen LogP contribution is 2.44. The van der Waals surface area contributed by atoms with Gasteiger partial charge < -0.3 is 19.7 Å². The monoisotopic (exact) mass is 252 g/mol. The lowest BCUT2D eigenvalue weighted by atomic mass is 9.67. The van der Waals surface area contributed by atoms with Gasteiger partial charge in [0.2, 0.25) is 5.88 Å². The van der Waals surface area contributed by atoms with Crippen molar-refractivity contribution < 1.29 is 14.0 Å². The average molecular weight is 252 g/mol. The fraction of sp³-hybridized carbons (Fsp3) is 0.769. The van der Waals surface area contributed by atoms with Crippen molar-refractivity contribution in [3.8, 4) is 0 Å². The van der Waals surface area contributed by atoms with E-state index in [0.29, 0.717) is 12.5 Å². The van der Waals surface area contributed by atoms with Crippen molar-refractivity contribution in [3.63, 3.8) is 0 Å². The first-order valence-corrected chi connectivity index (χ1v) is 6.74. The van der Waals surface area contributed by atoms with Crippen LogP contribution in [0.15, 0.2) is 10.6 Å². The number of nitrogens with zero attached hydrogens (tertiary/aromatic N) is 1. The van der Waals surface area contributed by atoms with E-state index in [1.165, 1.54) is 12.8 Å². The molecule has 1 saturated carbocycles. The van der Waals surface area contributed by atoms with E-state index in [0.717, 1.165) is 38.0 Å². The van der Waals surface area contributed by atoms with Gasteiger partial charge in [-0.05, 0) is 32.1 Å². The van der Waals surface area contributed by atoms with Crippen LogP contribution in [-0.2, 0) is 14.9 Å². The minimum Gasteiger partial charge on any atom is -0.368 e. The third kappa shape index (κ3) is 2.24. The molecule has 0 bridgehead atoms. The minimum absolute atomic E-state index is 0.00191. The van der Waals surface area contributed by atoms with Crippen LogP contribution >= 0.6 is 0 Å². The molecule has 0 amide bonds.